The van der Waals surface area contributed by atoms with Gasteiger partial charge in [0.15, 0.2) is 0 Å². The van der Waals surface area contributed by atoms with Gasteiger partial charge in [-0.05, 0) is 45.2 Å². The van der Waals surface area contributed by atoms with Crippen LogP contribution in [0.1, 0.15) is 17.5 Å². The van der Waals surface area contributed by atoms with Gasteiger partial charge in [-0.1, -0.05) is 18.2 Å². The number of halogens is 3. The molecule has 0 atom stereocenters. The lowest BCUT2D eigenvalue weighted by Crippen LogP contribution is -2.22. The van der Waals surface area contributed by atoms with Gasteiger partial charge in [-0.15, -0.1) is 0 Å². The van der Waals surface area contributed by atoms with Crippen LogP contribution in [-0.4, -0.2) is 32.1 Å². The molecule has 0 aromatic heterocycles. The second-order valence-corrected chi connectivity index (χ2v) is 4.49. The van der Waals surface area contributed by atoms with E-state index in [1.165, 1.54) is 12.1 Å². The van der Waals surface area contributed by atoms with Gasteiger partial charge in [-0.2, -0.15) is 13.2 Å². The molecule has 0 spiro atoms. The molecule has 0 bridgehead atoms. The van der Waals surface area contributed by atoms with E-state index in [2.05, 4.69) is 5.32 Å². The lowest BCUT2D eigenvalue weighted by molar-refractivity contribution is -0.138. The highest BCUT2D eigenvalue weighted by molar-refractivity contribution is 5.29. The topological polar surface area (TPSA) is 15.3 Å². The molecule has 1 aromatic rings. The SMILES string of the molecule is CN(C)CCCNCc1ccccc1C(F)(F)F. The molecule has 0 saturated carbocycles. The summed E-state index contributed by atoms with van der Waals surface area (Å²) < 4.78 is 38.1. The maximum atomic E-state index is 12.7. The van der Waals surface area contributed by atoms with E-state index in [4.69, 9.17) is 0 Å². The van der Waals surface area contributed by atoms with Gasteiger partial charge in [0, 0.05) is 6.54 Å². The average Bonchev–Trinajstić information content (AvgIpc) is 2.27. The number of benzene rings is 1. The maximum Gasteiger partial charge on any atom is 0.416 e. The summed E-state index contributed by atoms with van der Waals surface area (Å²) in [5.41, 5.74) is -0.250. The third-order valence-electron chi connectivity index (χ3n) is 2.60. The van der Waals surface area contributed by atoms with Gasteiger partial charge < -0.3 is 10.2 Å². The van der Waals surface area contributed by atoms with Crippen LogP contribution in [0.5, 0.6) is 0 Å². The number of nitrogens with zero attached hydrogens (tertiary/aromatic N) is 1. The lowest BCUT2D eigenvalue weighted by atomic mass is 10.1. The van der Waals surface area contributed by atoms with Crippen LogP contribution in [-0.2, 0) is 12.7 Å². The first kappa shape index (κ1) is 15.0. The molecule has 5 heteroatoms. The van der Waals surface area contributed by atoms with Crippen LogP contribution in [0.2, 0.25) is 0 Å². The van der Waals surface area contributed by atoms with Crippen molar-refractivity contribution in [2.24, 2.45) is 0 Å². The van der Waals surface area contributed by atoms with E-state index in [0.717, 1.165) is 19.0 Å². The molecule has 0 fully saturated rings. The summed E-state index contributed by atoms with van der Waals surface area (Å²) in [7, 11) is 3.94. The van der Waals surface area contributed by atoms with E-state index < -0.39 is 11.7 Å². The van der Waals surface area contributed by atoms with E-state index >= 15 is 0 Å². The first-order chi connectivity index (χ1) is 8.41. The minimum atomic E-state index is -4.28. The Morgan fingerprint density at radius 2 is 1.83 bits per heavy atom. The Morgan fingerprint density at radius 3 is 2.44 bits per heavy atom. The normalized spacial score (nSPS) is 12.1. The summed E-state index contributed by atoms with van der Waals surface area (Å²) in [5, 5.41) is 3.04. The van der Waals surface area contributed by atoms with Crippen molar-refractivity contribution < 1.29 is 13.2 Å². The second-order valence-electron chi connectivity index (χ2n) is 4.49. The molecule has 1 aromatic carbocycles. The first-order valence-corrected chi connectivity index (χ1v) is 5.92. The molecule has 102 valence electrons. The molecular formula is C13H19F3N2. The van der Waals surface area contributed by atoms with Crippen LogP contribution in [0.25, 0.3) is 0 Å². The van der Waals surface area contributed by atoms with Crippen LogP contribution >= 0.6 is 0 Å². The van der Waals surface area contributed by atoms with Gasteiger partial charge in [0.1, 0.15) is 0 Å². The Morgan fingerprint density at radius 1 is 1.17 bits per heavy atom. The fraction of sp³-hybridized carbons (Fsp3) is 0.538. The molecule has 1 N–H and O–H groups in total. The van der Waals surface area contributed by atoms with Crippen molar-refractivity contribution in [3.05, 3.63) is 35.4 Å². The van der Waals surface area contributed by atoms with Gasteiger partial charge in [0.2, 0.25) is 0 Å². The average molecular weight is 260 g/mol. The Kier molecular flexibility index (Phi) is 5.62. The zero-order chi connectivity index (χ0) is 13.6. The predicted molar refractivity (Wildman–Crippen MR) is 66.3 cm³/mol. The Bertz CT molecular complexity index is 361. The molecular weight excluding hydrogens is 241 g/mol. The van der Waals surface area contributed by atoms with E-state index in [1.807, 2.05) is 19.0 Å². The fourth-order valence-electron chi connectivity index (χ4n) is 1.69. The van der Waals surface area contributed by atoms with Crippen molar-refractivity contribution in [2.75, 3.05) is 27.2 Å². The van der Waals surface area contributed by atoms with Gasteiger partial charge in [-0.3, -0.25) is 0 Å². The summed E-state index contributed by atoms with van der Waals surface area (Å²) in [6.07, 6.45) is -3.36. The Labute approximate surface area is 106 Å². The van der Waals surface area contributed by atoms with E-state index in [9.17, 15) is 13.2 Å². The summed E-state index contributed by atoms with van der Waals surface area (Å²) in [6, 6.07) is 5.68. The van der Waals surface area contributed by atoms with Crippen LogP contribution in [0.3, 0.4) is 0 Å². The first-order valence-electron chi connectivity index (χ1n) is 5.92. The monoisotopic (exact) mass is 260 g/mol. The largest absolute Gasteiger partial charge is 0.416 e. The van der Waals surface area contributed by atoms with Gasteiger partial charge in [0.05, 0.1) is 5.56 Å². The fourth-order valence-corrected chi connectivity index (χ4v) is 1.69. The number of hydrogen-bond donors (Lipinski definition) is 1. The van der Waals surface area contributed by atoms with Crippen LogP contribution in [0.15, 0.2) is 24.3 Å². The molecule has 0 aliphatic rings. The van der Waals surface area contributed by atoms with E-state index in [1.54, 1.807) is 6.07 Å². The lowest BCUT2D eigenvalue weighted by Gasteiger charge is -2.14. The molecule has 0 aliphatic heterocycles. The van der Waals surface area contributed by atoms with E-state index in [0.29, 0.717) is 12.1 Å². The number of alkyl halides is 3. The summed E-state index contributed by atoms with van der Waals surface area (Å²) in [5.74, 6) is 0. The summed E-state index contributed by atoms with van der Waals surface area (Å²) in [6.45, 7) is 1.89. The van der Waals surface area contributed by atoms with Crippen molar-refractivity contribution in [2.45, 2.75) is 19.1 Å². The quantitative estimate of drug-likeness (QED) is 0.791. The smallest absolute Gasteiger partial charge is 0.313 e. The van der Waals surface area contributed by atoms with Crippen molar-refractivity contribution in [3.8, 4) is 0 Å². The highest BCUT2D eigenvalue weighted by atomic mass is 19.4. The molecule has 0 saturated heterocycles. The van der Waals surface area contributed by atoms with Gasteiger partial charge >= 0.3 is 6.18 Å². The Balaban J connectivity index is 2.47. The van der Waals surface area contributed by atoms with Crippen molar-refractivity contribution in [1.29, 1.82) is 0 Å². The summed E-state index contributed by atoms with van der Waals surface area (Å²) in [4.78, 5) is 2.05. The maximum absolute atomic E-state index is 12.7. The summed E-state index contributed by atoms with van der Waals surface area (Å²) >= 11 is 0. The minimum Gasteiger partial charge on any atom is -0.313 e. The minimum absolute atomic E-state index is 0.253. The third kappa shape index (κ3) is 5.06. The molecule has 0 heterocycles. The van der Waals surface area contributed by atoms with Crippen LogP contribution in [0.4, 0.5) is 13.2 Å². The third-order valence-corrected chi connectivity index (χ3v) is 2.60. The molecule has 1 rings (SSSR count). The highest BCUT2D eigenvalue weighted by Crippen LogP contribution is 2.31. The molecule has 0 unspecified atom stereocenters. The van der Waals surface area contributed by atoms with E-state index in [-0.39, 0.29) is 6.54 Å². The second kappa shape index (κ2) is 6.75. The van der Waals surface area contributed by atoms with Crippen molar-refractivity contribution in [3.63, 3.8) is 0 Å². The Hall–Kier alpha value is -1.07. The van der Waals surface area contributed by atoms with Crippen LogP contribution in [0, 0.1) is 0 Å². The predicted octanol–water partition coefficient (Wildman–Crippen LogP) is 2.75. The highest BCUT2D eigenvalue weighted by Gasteiger charge is 2.32. The van der Waals surface area contributed by atoms with Crippen molar-refractivity contribution >= 4 is 0 Å². The van der Waals surface area contributed by atoms with Gasteiger partial charge in [-0.25, -0.2) is 0 Å². The molecule has 0 aliphatic carbocycles. The van der Waals surface area contributed by atoms with Crippen LogP contribution < -0.4 is 5.32 Å². The number of hydrogen-bond acceptors (Lipinski definition) is 2. The number of rotatable bonds is 6. The molecule has 0 radical (unpaired) electrons. The molecule has 18 heavy (non-hydrogen) atoms. The zero-order valence-electron chi connectivity index (χ0n) is 10.7. The molecule has 0 amide bonds. The molecule has 2 nitrogen and oxygen atoms in total. The van der Waals surface area contributed by atoms with Crippen molar-refractivity contribution in [1.82, 2.24) is 10.2 Å². The number of nitrogens with one attached hydrogen (secondary N) is 1. The van der Waals surface area contributed by atoms with Gasteiger partial charge in [0.25, 0.3) is 0 Å². The standard InChI is InChI=1S/C13H19F3N2/c1-18(2)9-5-8-17-10-11-6-3-4-7-12(11)13(14,15)16/h3-4,6-7,17H,5,8-10H2,1-2H3. The zero-order valence-corrected chi connectivity index (χ0v) is 10.7.